The molecule has 1 atom stereocenters. The molecular weight excluding hydrogens is 528 g/mol. The first kappa shape index (κ1) is 24.6. The lowest BCUT2D eigenvalue weighted by Crippen LogP contribution is -2.38. The Morgan fingerprint density at radius 2 is 1.83 bits per heavy atom. The number of carboxylic acid groups (broad SMARTS) is 1. The number of benzene rings is 3. The summed E-state index contributed by atoms with van der Waals surface area (Å²) in [4.78, 5) is 29.1. The zero-order chi connectivity index (χ0) is 24.9. The molecule has 0 aromatic heterocycles. The quantitative estimate of drug-likeness (QED) is 0.396. The number of halogens is 3. The van der Waals surface area contributed by atoms with Crippen LogP contribution in [0.25, 0.3) is 0 Å². The van der Waals surface area contributed by atoms with Crippen LogP contribution in [-0.4, -0.2) is 35.4 Å². The maximum absolute atomic E-state index is 14.3. The normalized spacial score (nSPS) is 15.2. The predicted octanol–water partition coefficient (Wildman–Crippen LogP) is 5.41. The zero-order valence-corrected chi connectivity index (χ0v) is 19.8. The molecule has 0 bridgehead atoms. The monoisotopic (exact) mass is 547 g/mol. The van der Waals surface area contributed by atoms with Crippen molar-refractivity contribution in [1.82, 2.24) is 5.06 Å². The Labute approximate surface area is 207 Å². The molecule has 3 aromatic carbocycles. The predicted molar refractivity (Wildman–Crippen MR) is 124 cm³/mol. The van der Waals surface area contributed by atoms with Gasteiger partial charge in [0, 0.05) is 12.1 Å². The van der Waals surface area contributed by atoms with Gasteiger partial charge in [0.1, 0.15) is 30.0 Å². The Morgan fingerprint density at radius 3 is 2.57 bits per heavy atom. The first-order valence-electron chi connectivity index (χ1n) is 10.6. The molecule has 0 saturated heterocycles. The van der Waals surface area contributed by atoms with E-state index in [9.17, 15) is 18.4 Å². The van der Waals surface area contributed by atoms with E-state index in [0.717, 1.165) is 11.6 Å². The molecule has 0 radical (unpaired) electrons. The van der Waals surface area contributed by atoms with E-state index < -0.39 is 36.4 Å². The van der Waals surface area contributed by atoms with Crippen molar-refractivity contribution in [3.8, 4) is 5.75 Å². The number of ether oxygens (including phenoxy) is 2. The standard InChI is InChI=1S/C25H20BrF2NO6/c26-23-17-10-11-29(35-25(32)34-13-15-4-2-1-3-5-15)24(18(17)7-8-20(23)28)19-12-16(27)6-9-21(19)33-14-22(30)31/h1-9,12,24H,10-11,13-14H2,(H,30,31). The van der Waals surface area contributed by atoms with Crippen LogP contribution in [0.1, 0.15) is 28.3 Å². The fourth-order valence-electron chi connectivity index (χ4n) is 3.89. The lowest BCUT2D eigenvalue weighted by molar-refractivity contribution is -0.152. The number of carbonyl (C=O) groups excluding carboxylic acids is 1. The molecule has 1 unspecified atom stereocenters. The smallest absolute Gasteiger partial charge is 0.482 e. The largest absolute Gasteiger partial charge is 0.528 e. The average Bonchev–Trinajstić information content (AvgIpc) is 2.84. The summed E-state index contributed by atoms with van der Waals surface area (Å²) in [5.41, 5.74) is 2.12. The highest BCUT2D eigenvalue weighted by Crippen LogP contribution is 2.42. The first-order chi connectivity index (χ1) is 16.8. The van der Waals surface area contributed by atoms with Gasteiger partial charge in [-0.3, -0.25) is 0 Å². The summed E-state index contributed by atoms with van der Waals surface area (Å²) >= 11 is 3.26. The fraction of sp³-hybridized carbons (Fsp3) is 0.200. The third-order valence-electron chi connectivity index (χ3n) is 5.41. The molecule has 1 N–H and O–H groups in total. The van der Waals surface area contributed by atoms with Crippen LogP contribution in [0.5, 0.6) is 5.75 Å². The second kappa shape index (κ2) is 10.8. The number of nitrogens with zero attached hydrogens (tertiary/aromatic N) is 1. The van der Waals surface area contributed by atoms with Crippen molar-refractivity contribution in [2.45, 2.75) is 19.1 Å². The highest BCUT2D eigenvalue weighted by atomic mass is 79.9. The fourth-order valence-corrected chi connectivity index (χ4v) is 4.45. The molecule has 35 heavy (non-hydrogen) atoms. The molecule has 0 saturated carbocycles. The van der Waals surface area contributed by atoms with Crippen molar-refractivity contribution < 1.29 is 37.8 Å². The van der Waals surface area contributed by atoms with Crippen molar-refractivity contribution >= 4 is 28.1 Å². The van der Waals surface area contributed by atoms with Gasteiger partial charge in [-0.2, -0.15) is 0 Å². The minimum atomic E-state index is -1.22. The summed E-state index contributed by atoms with van der Waals surface area (Å²) < 4.78 is 39.4. The van der Waals surface area contributed by atoms with Gasteiger partial charge >= 0.3 is 12.1 Å². The minimum absolute atomic E-state index is 0.0154. The summed E-state index contributed by atoms with van der Waals surface area (Å²) in [6.45, 7) is -0.543. The van der Waals surface area contributed by atoms with Crippen molar-refractivity contribution in [3.63, 3.8) is 0 Å². The van der Waals surface area contributed by atoms with Gasteiger partial charge in [0.2, 0.25) is 0 Å². The van der Waals surface area contributed by atoms with Crippen LogP contribution in [0.2, 0.25) is 0 Å². The van der Waals surface area contributed by atoms with Gasteiger partial charge in [0.05, 0.1) is 4.47 Å². The summed E-state index contributed by atoms with van der Waals surface area (Å²) in [5.74, 6) is -2.21. The molecule has 1 heterocycles. The van der Waals surface area contributed by atoms with Crippen LogP contribution in [0, 0.1) is 11.6 Å². The van der Waals surface area contributed by atoms with Gasteiger partial charge in [0.15, 0.2) is 6.61 Å². The molecule has 0 spiro atoms. The number of hydrogen-bond donors (Lipinski definition) is 1. The van der Waals surface area contributed by atoms with Gasteiger partial charge in [-0.15, -0.1) is 5.06 Å². The van der Waals surface area contributed by atoms with Crippen LogP contribution < -0.4 is 4.74 Å². The Kier molecular flexibility index (Phi) is 7.62. The Balaban J connectivity index is 1.68. The number of aliphatic carboxylic acids is 1. The average molecular weight is 548 g/mol. The van der Waals surface area contributed by atoms with Gasteiger partial charge < -0.3 is 19.4 Å². The van der Waals surface area contributed by atoms with Crippen molar-refractivity contribution in [2.75, 3.05) is 13.2 Å². The SMILES string of the molecule is O=C(O)COc1ccc(F)cc1C1c2ccc(F)c(Br)c2CCN1OC(=O)OCc1ccccc1. The number of hydroxylamine groups is 2. The van der Waals surface area contributed by atoms with Crippen molar-refractivity contribution in [2.24, 2.45) is 0 Å². The van der Waals surface area contributed by atoms with Gasteiger partial charge in [-0.25, -0.2) is 18.4 Å². The number of carbonyl (C=O) groups is 2. The number of fused-ring (bicyclic) bond motifs is 1. The molecule has 0 aliphatic carbocycles. The lowest BCUT2D eigenvalue weighted by atomic mass is 9.89. The number of rotatable bonds is 7. The van der Waals surface area contributed by atoms with E-state index in [4.69, 9.17) is 19.4 Å². The van der Waals surface area contributed by atoms with Crippen LogP contribution >= 0.6 is 15.9 Å². The van der Waals surface area contributed by atoms with E-state index in [1.807, 2.05) is 6.07 Å². The summed E-state index contributed by atoms with van der Waals surface area (Å²) in [5, 5.41) is 10.3. The second-order valence-electron chi connectivity index (χ2n) is 7.70. The third-order valence-corrected chi connectivity index (χ3v) is 6.26. The molecule has 3 aromatic rings. The molecular formula is C25H20BrF2NO6. The molecule has 7 nitrogen and oxygen atoms in total. The third kappa shape index (κ3) is 5.77. The van der Waals surface area contributed by atoms with Crippen molar-refractivity contribution in [3.05, 3.63) is 99.0 Å². The van der Waals surface area contributed by atoms with Crippen LogP contribution in [0.15, 0.2) is 65.1 Å². The zero-order valence-electron chi connectivity index (χ0n) is 18.2. The first-order valence-corrected chi connectivity index (χ1v) is 11.4. The van der Waals surface area contributed by atoms with E-state index in [0.29, 0.717) is 17.5 Å². The van der Waals surface area contributed by atoms with E-state index in [1.165, 1.54) is 29.3 Å². The minimum Gasteiger partial charge on any atom is -0.482 e. The van der Waals surface area contributed by atoms with E-state index in [1.54, 1.807) is 24.3 Å². The Bertz CT molecular complexity index is 1240. The molecule has 0 fully saturated rings. The van der Waals surface area contributed by atoms with Gasteiger partial charge in [0.25, 0.3) is 0 Å². The number of carboxylic acids is 1. The van der Waals surface area contributed by atoms with E-state index >= 15 is 0 Å². The number of hydrogen-bond acceptors (Lipinski definition) is 6. The summed E-state index contributed by atoms with van der Waals surface area (Å²) in [6, 6.07) is 14.5. The van der Waals surface area contributed by atoms with Crippen LogP contribution in [-0.2, 0) is 27.4 Å². The second-order valence-corrected chi connectivity index (χ2v) is 8.50. The molecule has 182 valence electrons. The highest BCUT2D eigenvalue weighted by molar-refractivity contribution is 9.10. The maximum Gasteiger partial charge on any atom is 0.528 e. The van der Waals surface area contributed by atoms with E-state index in [2.05, 4.69) is 15.9 Å². The molecule has 1 aliphatic heterocycles. The van der Waals surface area contributed by atoms with E-state index in [-0.39, 0.29) is 28.9 Å². The Morgan fingerprint density at radius 1 is 1.06 bits per heavy atom. The molecule has 0 amide bonds. The maximum atomic E-state index is 14.3. The van der Waals surface area contributed by atoms with Crippen molar-refractivity contribution in [1.29, 1.82) is 0 Å². The molecule has 4 rings (SSSR count). The lowest BCUT2D eigenvalue weighted by Gasteiger charge is -2.36. The highest BCUT2D eigenvalue weighted by Gasteiger charge is 2.36. The van der Waals surface area contributed by atoms with Crippen LogP contribution in [0.4, 0.5) is 13.6 Å². The summed E-state index contributed by atoms with van der Waals surface area (Å²) in [7, 11) is 0. The topological polar surface area (TPSA) is 85.3 Å². The Hall–Kier alpha value is -3.50. The van der Waals surface area contributed by atoms with Gasteiger partial charge in [-0.1, -0.05) is 36.4 Å². The molecule has 10 heteroatoms. The van der Waals surface area contributed by atoms with Crippen LogP contribution in [0.3, 0.4) is 0 Å². The van der Waals surface area contributed by atoms with Gasteiger partial charge in [-0.05, 0) is 63.3 Å². The summed E-state index contributed by atoms with van der Waals surface area (Å²) in [6.07, 6.45) is -0.663. The molecule has 1 aliphatic rings.